The second-order valence-corrected chi connectivity index (χ2v) is 10.8. The summed E-state index contributed by atoms with van der Waals surface area (Å²) < 4.78 is 1.74. The van der Waals surface area contributed by atoms with Gasteiger partial charge in [0.05, 0.1) is 20.6 Å². The van der Waals surface area contributed by atoms with Crippen LogP contribution in [0.15, 0.2) is 46.9 Å². The predicted octanol–water partition coefficient (Wildman–Crippen LogP) is 6.59. The van der Waals surface area contributed by atoms with Crippen LogP contribution in [0, 0.1) is 0 Å². The molecule has 1 saturated heterocycles. The zero-order valence-corrected chi connectivity index (χ0v) is 22.0. The van der Waals surface area contributed by atoms with Gasteiger partial charge in [-0.25, -0.2) is 3.93 Å². The van der Waals surface area contributed by atoms with Crippen molar-refractivity contribution in [1.82, 2.24) is 3.93 Å². The molecule has 1 aliphatic rings. The number of carbonyl (C=O) groups excluding carboxylic acids is 2. The second kappa shape index (κ2) is 11.1. The maximum Gasteiger partial charge on any atom is 0.239 e. The summed E-state index contributed by atoms with van der Waals surface area (Å²) in [6.07, 6.45) is 0.703. The van der Waals surface area contributed by atoms with Crippen molar-refractivity contribution in [2.24, 2.45) is 0 Å². The molecule has 0 unspecified atom stereocenters. The topological polar surface area (TPSA) is 77.8 Å². The first-order chi connectivity index (χ1) is 14.1. The van der Waals surface area contributed by atoms with Gasteiger partial charge in [-0.2, -0.15) is 0 Å². The zero-order valence-electron chi connectivity index (χ0n) is 18.9. The van der Waals surface area contributed by atoms with Gasteiger partial charge in [-0.15, -0.1) is 0 Å². The summed E-state index contributed by atoms with van der Waals surface area (Å²) in [5.74, 6) is 0.339. The van der Waals surface area contributed by atoms with Crippen LogP contribution in [0.2, 0.25) is 0 Å². The largest absolute Gasteiger partial charge is 0.508 e. The summed E-state index contributed by atoms with van der Waals surface area (Å²) in [6.45, 7) is 12.9. The van der Waals surface area contributed by atoms with Gasteiger partial charge in [-0.05, 0) is 62.2 Å². The Hall–Kier alpha value is -1.86. The fourth-order valence-corrected chi connectivity index (χ4v) is 3.22. The Morgan fingerprint density at radius 1 is 0.774 bits per heavy atom. The monoisotopic (exact) mass is 555 g/mol. The van der Waals surface area contributed by atoms with Crippen molar-refractivity contribution >= 4 is 43.9 Å². The highest BCUT2D eigenvalue weighted by Gasteiger charge is 2.26. The number of amides is 2. The third kappa shape index (κ3) is 9.03. The van der Waals surface area contributed by atoms with Gasteiger partial charge in [-0.3, -0.25) is 9.59 Å². The highest BCUT2D eigenvalue weighted by Crippen LogP contribution is 2.30. The molecule has 0 aliphatic carbocycles. The molecule has 31 heavy (non-hydrogen) atoms. The van der Waals surface area contributed by atoms with Crippen LogP contribution in [0.3, 0.4) is 0 Å². The summed E-state index contributed by atoms with van der Waals surface area (Å²) in [7, 11) is 0. The number of phenols is 2. The summed E-state index contributed by atoms with van der Waals surface area (Å²) in [5, 5.41) is 18.3. The molecule has 1 aliphatic heterocycles. The van der Waals surface area contributed by atoms with E-state index in [1.807, 2.05) is 24.3 Å². The Morgan fingerprint density at radius 2 is 1.19 bits per heavy atom. The minimum Gasteiger partial charge on any atom is -0.508 e. The minimum atomic E-state index is -0.144. The first-order valence-corrected chi connectivity index (χ1v) is 11.4. The van der Waals surface area contributed by atoms with Gasteiger partial charge in [0.15, 0.2) is 0 Å². The number of hydrogen-bond acceptors (Lipinski definition) is 4. The lowest BCUT2D eigenvalue weighted by Crippen LogP contribution is -2.16. The van der Waals surface area contributed by atoms with E-state index < -0.39 is 0 Å². The third-order valence-electron chi connectivity index (χ3n) is 4.54. The number of halogens is 2. The van der Waals surface area contributed by atoms with Gasteiger partial charge < -0.3 is 10.2 Å². The molecule has 2 aromatic carbocycles. The summed E-state index contributed by atoms with van der Waals surface area (Å²) in [4.78, 5) is 20.9. The summed E-state index contributed by atoms with van der Waals surface area (Å²) >= 11 is 6.09. The van der Waals surface area contributed by atoms with Gasteiger partial charge in [0.1, 0.15) is 11.5 Å². The van der Waals surface area contributed by atoms with Crippen molar-refractivity contribution in [2.45, 2.75) is 65.2 Å². The Morgan fingerprint density at radius 3 is 1.52 bits per heavy atom. The lowest BCUT2D eigenvalue weighted by atomic mass is 9.87. The fourth-order valence-electron chi connectivity index (χ4n) is 2.48. The number of phenolic OH excluding ortho intramolecular Hbond substituents is 2. The molecule has 0 spiro atoms. The van der Waals surface area contributed by atoms with E-state index in [1.165, 1.54) is 11.1 Å². The number of rotatable bonds is 0. The maximum atomic E-state index is 10.4. The molecule has 0 aromatic heterocycles. The molecular weight excluding hydrogens is 526 g/mol. The average Bonchev–Trinajstić information content (AvgIpc) is 2.95. The van der Waals surface area contributed by atoms with Crippen molar-refractivity contribution in [2.75, 3.05) is 0 Å². The lowest BCUT2D eigenvalue weighted by molar-refractivity contribution is -0.131. The quantitative estimate of drug-likeness (QED) is 0.283. The highest BCUT2D eigenvalue weighted by atomic mass is 79.9. The van der Waals surface area contributed by atoms with Crippen LogP contribution in [-0.2, 0) is 20.4 Å². The van der Waals surface area contributed by atoms with E-state index >= 15 is 0 Å². The van der Waals surface area contributed by atoms with Gasteiger partial charge in [-0.1, -0.05) is 59.7 Å². The molecule has 2 N–H and O–H groups in total. The highest BCUT2D eigenvalue weighted by molar-refractivity contribution is 9.10. The van der Waals surface area contributed by atoms with Crippen molar-refractivity contribution in [3.63, 3.8) is 0 Å². The molecular formula is C24H31Br2NO4. The van der Waals surface area contributed by atoms with Crippen LogP contribution in [0.1, 0.15) is 65.5 Å². The average molecular weight is 557 g/mol. The van der Waals surface area contributed by atoms with Gasteiger partial charge in [0, 0.05) is 12.8 Å². The van der Waals surface area contributed by atoms with Gasteiger partial charge >= 0.3 is 0 Å². The van der Waals surface area contributed by atoms with E-state index in [9.17, 15) is 14.7 Å². The number of nitrogens with zero attached hydrogens (tertiary/aromatic N) is 1. The zero-order chi connectivity index (χ0) is 24.0. The molecule has 7 heteroatoms. The smallest absolute Gasteiger partial charge is 0.239 e. The molecule has 0 atom stereocenters. The molecule has 170 valence electrons. The first kappa shape index (κ1) is 27.2. The van der Waals surface area contributed by atoms with Gasteiger partial charge in [0.2, 0.25) is 11.8 Å². The third-order valence-corrected chi connectivity index (χ3v) is 5.96. The van der Waals surface area contributed by atoms with Crippen LogP contribution >= 0.6 is 32.1 Å². The Balaban J connectivity index is 0.000000237. The van der Waals surface area contributed by atoms with E-state index in [4.69, 9.17) is 5.11 Å². The van der Waals surface area contributed by atoms with E-state index in [-0.39, 0.29) is 22.6 Å². The fraction of sp³-hybridized carbons (Fsp3) is 0.417. The van der Waals surface area contributed by atoms with Gasteiger partial charge in [0.25, 0.3) is 0 Å². The molecule has 1 fully saturated rings. The van der Waals surface area contributed by atoms with Crippen LogP contribution in [0.4, 0.5) is 0 Å². The number of imide groups is 1. The molecule has 0 bridgehead atoms. The molecule has 3 rings (SSSR count). The summed E-state index contributed by atoms with van der Waals surface area (Å²) in [6, 6.07) is 13.0. The van der Waals surface area contributed by atoms with Crippen molar-refractivity contribution < 1.29 is 19.8 Å². The number of hydrogen-bond donors (Lipinski definition) is 2. The molecule has 0 saturated carbocycles. The Kier molecular flexibility index (Phi) is 9.76. The summed E-state index contributed by atoms with van der Waals surface area (Å²) in [5.41, 5.74) is 2.77. The van der Waals surface area contributed by atoms with Crippen molar-refractivity contribution in [3.05, 3.63) is 58.1 Å². The number of aromatic hydroxyl groups is 2. The van der Waals surface area contributed by atoms with E-state index in [1.54, 1.807) is 18.2 Å². The SMILES string of the molecule is CC(C)(C)c1ccc(O)c(Br)c1.CC(C)(C)c1ccc(O)cc1.O=C1CCC(=O)N1Br. The second-order valence-electron chi connectivity index (χ2n) is 9.28. The maximum absolute atomic E-state index is 10.4. The molecule has 2 aromatic rings. The standard InChI is InChI=1S/C10H13BrO.C10H14O.C4H4BrNO2/c1-10(2,3)7-4-5-9(12)8(11)6-7;1-10(2,3)8-4-6-9(11)7-5-8;5-6-3(7)1-2-4(6)8/h4-6,12H,1-3H3;4-7,11H,1-3H3;1-2H2. The molecule has 5 nitrogen and oxygen atoms in total. The van der Waals surface area contributed by atoms with E-state index in [0.717, 1.165) is 8.40 Å². The number of carbonyl (C=O) groups is 2. The van der Waals surface area contributed by atoms with Crippen LogP contribution in [0.5, 0.6) is 11.5 Å². The molecule has 1 heterocycles. The van der Waals surface area contributed by atoms with Crippen molar-refractivity contribution in [3.8, 4) is 11.5 Å². The van der Waals surface area contributed by atoms with Crippen molar-refractivity contribution in [1.29, 1.82) is 0 Å². The van der Waals surface area contributed by atoms with Crippen LogP contribution < -0.4 is 0 Å². The normalized spacial score (nSPS) is 13.9. The van der Waals surface area contributed by atoms with E-state index in [0.29, 0.717) is 24.3 Å². The Bertz CT molecular complexity index is 881. The van der Waals surface area contributed by atoms with Crippen LogP contribution in [-0.4, -0.2) is 26.0 Å². The van der Waals surface area contributed by atoms with Crippen LogP contribution in [0.25, 0.3) is 0 Å². The van der Waals surface area contributed by atoms with E-state index in [2.05, 4.69) is 73.6 Å². The lowest BCUT2D eigenvalue weighted by Gasteiger charge is -2.19. The number of benzene rings is 2. The first-order valence-electron chi connectivity index (χ1n) is 9.93. The molecule has 0 radical (unpaired) electrons. The predicted molar refractivity (Wildman–Crippen MR) is 131 cm³/mol. The Labute approximate surface area is 201 Å². The molecule has 2 amide bonds. The minimum absolute atomic E-state index is 0.135.